The molecule has 0 radical (unpaired) electrons. The van der Waals surface area contributed by atoms with Crippen LogP contribution >= 0.6 is 0 Å². The second-order valence-electron chi connectivity index (χ2n) is 7.60. The number of anilines is 1. The number of hydrogen-bond acceptors (Lipinski definition) is 5. The minimum Gasteiger partial charge on any atom is -0.444 e. The Morgan fingerprint density at radius 3 is 2.34 bits per heavy atom. The number of amides is 1. The van der Waals surface area contributed by atoms with Crippen LogP contribution in [0.4, 0.5) is 10.6 Å². The fraction of sp³-hybridized carbons (Fsp3) is 0.667. The van der Waals surface area contributed by atoms with E-state index in [2.05, 4.69) is 50.7 Å². The average Bonchev–Trinajstić information content (AvgIpc) is 2.66. The Morgan fingerprint density at radius 2 is 1.79 bits per heavy atom. The third kappa shape index (κ3) is 10.6. The zero-order valence-electron chi connectivity index (χ0n) is 18.8. The summed E-state index contributed by atoms with van der Waals surface area (Å²) < 4.78 is 5.21. The zero-order valence-corrected chi connectivity index (χ0v) is 18.8. The Morgan fingerprint density at radius 1 is 1.10 bits per heavy atom. The van der Waals surface area contributed by atoms with E-state index in [1.165, 1.54) is 0 Å². The molecule has 8 nitrogen and oxygen atoms in total. The predicted molar refractivity (Wildman–Crippen MR) is 119 cm³/mol. The molecule has 0 saturated carbocycles. The van der Waals surface area contributed by atoms with Crippen molar-refractivity contribution in [3.8, 4) is 0 Å². The second kappa shape index (κ2) is 12.9. The van der Waals surface area contributed by atoms with E-state index in [1.807, 2.05) is 40.0 Å². The topological polar surface area (TPSA) is 90.9 Å². The molecule has 1 amide bonds. The summed E-state index contributed by atoms with van der Waals surface area (Å²) in [5, 5.41) is 9.26. The number of guanidine groups is 1. The number of hydrogen-bond donors (Lipinski definition) is 3. The molecule has 0 fully saturated rings. The summed E-state index contributed by atoms with van der Waals surface area (Å²) in [6.07, 6.45) is 2.26. The number of pyridine rings is 1. The highest BCUT2D eigenvalue weighted by atomic mass is 16.6. The molecule has 0 spiro atoms. The van der Waals surface area contributed by atoms with Crippen molar-refractivity contribution in [2.75, 3.05) is 37.6 Å². The summed E-state index contributed by atoms with van der Waals surface area (Å²) in [4.78, 5) is 23.0. The lowest BCUT2D eigenvalue weighted by atomic mass is 10.2. The quantitative estimate of drug-likeness (QED) is 0.314. The van der Waals surface area contributed by atoms with Crippen LogP contribution in [0.2, 0.25) is 0 Å². The lowest BCUT2D eigenvalue weighted by Gasteiger charge is -2.19. The largest absolute Gasteiger partial charge is 0.444 e. The number of aliphatic imine (C=N–C) groups is 1. The van der Waals surface area contributed by atoms with Crippen LogP contribution in [-0.4, -0.2) is 55.4 Å². The molecule has 1 rings (SSSR count). The van der Waals surface area contributed by atoms with E-state index in [-0.39, 0.29) is 0 Å². The molecule has 3 N–H and O–H groups in total. The molecule has 1 aromatic rings. The molecule has 0 bridgehead atoms. The van der Waals surface area contributed by atoms with E-state index in [0.717, 1.165) is 43.4 Å². The maximum atomic E-state index is 11.6. The number of nitrogens with one attached hydrogen (secondary N) is 3. The van der Waals surface area contributed by atoms with Gasteiger partial charge in [0, 0.05) is 38.9 Å². The molecule has 164 valence electrons. The van der Waals surface area contributed by atoms with Gasteiger partial charge in [-0.3, -0.25) is 0 Å². The van der Waals surface area contributed by atoms with E-state index in [0.29, 0.717) is 19.6 Å². The lowest BCUT2D eigenvalue weighted by Crippen LogP contribution is -2.39. The van der Waals surface area contributed by atoms with Gasteiger partial charge in [0.05, 0.1) is 6.54 Å². The van der Waals surface area contributed by atoms with E-state index < -0.39 is 11.7 Å². The molecular weight excluding hydrogens is 368 g/mol. The van der Waals surface area contributed by atoms with Gasteiger partial charge in [-0.2, -0.15) is 0 Å². The fourth-order valence-electron chi connectivity index (χ4n) is 2.56. The zero-order chi connectivity index (χ0) is 21.7. The third-order valence-corrected chi connectivity index (χ3v) is 3.97. The highest BCUT2D eigenvalue weighted by molar-refractivity contribution is 5.79. The number of aromatic nitrogens is 1. The Kier molecular flexibility index (Phi) is 10.9. The van der Waals surface area contributed by atoms with Crippen molar-refractivity contribution >= 4 is 17.9 Å². The molecule has 0 unspecified atom stereocenters. The van der Waals surface area contributed by atoms with Gasteiger partial charge in [-0.25, -0.2) is 14.8 Å². The number of alkyl carbamates (subject to hydrolysis) is 1. The van der Waals surface area contributed by atoms with Gasteiger partial charge in [0.25, 0.3) is 0 Å². The van der Waals surface area contributed by atoms with Crippen LogP contribution in [0.25, 0.3) is 0 Å². The summed E-state index contributed by atoms with van der Waals surface area (Å²) in [6.45, 7) is 16.3. The first-order valence-corrected chi connectivity index (χ1v) is 10.5. The first-order valence-electron chi connectivity index (χ1n) is 10.5. The van der Waals surface area contributed by atoms with Gasteiger partial charge in [0.2, 0.25) is 0 Å². The van der Waals surface area contributed by atoms with Gasteiger partial charge in [-0.15, -0.1) is 0 Å². The van der Waals surface area contributed by atoms with Crippen molar-refractivity contribution in [1.82, 2.24) is 20.9 Å². The molecule has 8 heteroatoms. The molecule has 29 heavy (non-hydrogen) atoms. The average molecular weight is 407 g/mol. The number of ether oxygens (including phenoxy) is 1. The lowest BCUT2D eigenvalue weighted by molar-refractivity contribution is 0.0527. The van der Waals surface area contributed by atoms with Crippen LogP contribution in [-0.2, 0) is 11.3 Å². The summed E-state index contributed by atoms with van der Waals surface area (Å²) in [5.41, 5.74) is 0.579. The van der Waals surface area contributed by atoms with Gasteiger partial charge in [-0.1, -0.05) is 6.07 Å². The Hall–Kier alpha value is -2.51. The van der Waals surface area contributed by atoms with E-state index in [1.54, 1.807) is 0 Å². The van der Waals surface area contributed by atoms with Crippen molar-refractivity contribution < 1.29 is 9.53 Å². The van der Waals surface area contributed by atoms with Crippen LogP contribution in [0.5, 0.6) is 0 Å². The normalized spacial score (nSPS) is 11.7. The Balaban J connectivity index is 2.43. The molecule has 0 atom stereocenters. The SMILES string of the molecule is CCNC(=NCc1ccc(N(CC)CC)nc1)NCCCNC(=O)OC(C)(C)C. The summed E-state index contributed by atoms with van der Waals surface area (Å²) in [7, 11) is 0. The van der Waals surface area contributed by atoms with Crippen LogP contribution in [0.3, 0.4) is 0 Å². The van der Waals surface area contributed by atoms with Crippen molar-refractivity contribution in [3.63, 3.8) is 0 Å². The number of carbonyl (C=O) groups is 1. The molecule has 0 aliphatic heterocycles. The number of carbonyl (C=O) groups excluding carboxylic acids is 1. The first kappa shape index (κ1) is 24.5. The van der Waals surface area contributed by atoms with Crippen LogP contribution < -0.4 is 20.9 Å². The standard InChI is InChI=1S/C21H38N6O2/c1-7-22-19(23-13-10-14-24-20(28)29-21(4,5)6)26-16-17-11-12-18(25-15-17)27(8-2)9-3/h11-12,15H,7-10,13-14,16H2,1-6H3,(H,24,28)(H2,22,23,26). The minimum atomic E-state index is -0.481. The molecule has 0 saturated heterocycles. The highest BCUT2D eigenvalue weighted by Crippen LogP contribution is 2.11. The van der Waals surface area contributed by atoms with Crippen LogP contribution in [0.1, 0.15) is 53.5 Å². The molecule has 1 heterocycles. The molecular formula is C21H38N6O2. The maximum Gasteiger partial charge on any atom is 0.407 e. The first-order chi connectivity index (χ1) is 13.8. The van der Waals surface area contributed by atoms with Crippen molar-refractivity contribution in [3.05, 3.63) is 23.9 Å². The monoisotopic (exact) mass is 406 g/mol. The van der Waals surface area contributed by atoms with Gasteiger partial charge in [0.15, 0.2) is 5.96 Å². The van der Waals surface area contributed by atoms with Gasteiger partial charge < -0.3 is 25.6 Å². The van der Waals surface area contributed by atoms with Crippen molar-refractivity contribution in [1.29, 1.82) is 0 Å². The Labute approximate surface area is 175 Å². The molecule has 1 aromatic heterocycles. The second-order valence-corrected chi connectivity index (χ2v) is 7.60. The van der Waals surface area contributed by atoms with Crippen LogP contribution in [0, 0.1) is 0 Å². The summed E-state index contributed by atoms with van der Waals surface area (Å²) in [6, 6.07) is 4.11. The van der Waals surface area contributed by atoms with Gasteiger partial charge >= 0.3 is 6.09 Å². The summed E-state index contributed by atoms with van der Waals surface area (Å²) in [5.74, 6) is 1.74. The highest BCUT2D eigenvalue weighted by Gasteiger charge is 2.15. The number of rotatable bonds is 10. The Bertz CT molecular complexity index is 621. The van der Waals surface area contributed by atoms with E-state index in [9.17, 15) is 4.79 Å². The predicted octanol–water partition coefficient (Wildman–Crippen LogP) is 2.90. The van der Waals surface area contributed by atoms with Crippen LogP contribution in [0.15, 0.2) is 23.3 Å². The minimum absolute atomic E-state index is 0.390. The summed E-state index contributed by atoms with van der Waals surface area (Å²) >= 11 is 0. The smallest absolute Gasteiger partial charge is 0.407 e. The maximum absolute atomic E-state index is 11.6. The molecule has 0 aliphatic carbocycles. The van der Waals surface area contributed by atoms with Gasteiger partial charge in [0.1, 0.15) is 11.4 Å². The van der Waals surface area contributed by atoms with E-state index >= 15 is 0 Å². The van der Waals surface area contributed by atoms with E-state index in [4.69, 9.17) is 4.74 Å². The fourth-order valence-corrected chi connectivity index (χ4v) is 2.56. The molecule has 0 aromatic carbocycles. The molecule has 0 aliphatic rings. The van der Waals surface area contributed by atoms with Crippen molar-refractivity contribution in [2.45, 2.75) is 60.1 Å². The van der Waals surface area contributed by atoms with Gasteiger partial charge in [-0.05, 0) is 59.6 Å². The third-order valence-electron chi connectivity index (χ3n) is 3.97. The van der Waals surface area contributed by atoms with Crippen molar-refractivity contribution in [2.24, 2.45) is 4.99 Å². The number of nitrogens with zero attached hydrogens (tertiary/aromatic N) is 3.